The summed E-state index contributed by atoms with van der Waals surface area (Å²) in [4.78, 5) is 14.9. The van der Waals surface area contributed by atoms with Crippen molar-refractivity contribution in [2.24, 2.45) is 0 Å². The second-order valence-corrected chi connectivity index (χ2v) is 5.44. The van der Waals surface area contributed by atoms with Gasteiger partial charge in [-0.2, -0.15) is 0 Å². The number of nitro benzene ring substituents is 1. The second-order valence-electron chi connectivity index (χ2n) is 5.44. The van der Waals surface area contributed by atoms with Gasteiger partial charge in [0.1, 0.15) is 5.82 Å². The van der Waals surface area contributed by atoms with Crippen molar-refractivity contribution in [2.45, 2.75) is 18.9 Å². The first-order chi connectivity index (χ1) is 9.56. The number of nitrogens with one attached hydrogen (secondary N) is 2. The van der Waals surface area contributed by atoms with Crippen LogP contribution in [0.3, 0.4) is 0 Å². The molecule has 0 amide bonds. The third kappa shape index (κ3) is 2.42. The molecule has 1 aromatic carbocycles. The van der Waals surface area contributed by atoms with Gasteiger partial charge in [-0.1, -0.05) is 0 Å². The van der Waals surface area contributed by atoms with E-state index in [1.807, 2.05) is 12.1 Å². The molecule has 1 fully saturated rings. The fraction of sp³-hybridized carbons (Fsp3) is 0.357. The smallest absolute Gasteiger partial charge is 0.270 e. The van der Waals surface area contributed by atoms with Gasteiger partial charge in [0.15, 0.2) is 0 Å². The van der Waals surface area contributed by atoms with Crippen LogP contribution in [-0.4, -0.2) is 28.5 Å². The molecule has 0 aliphatic carbocycles. The third-order valence-electron chi connectivity index (χ3n) is 3.68. The van der Waals surface area contributed by atoms with E-state index in [1.165, 1.54) is 6.07 Å². The highest BCUT2D eigenvalue weighted by molar-refractivity contribution is 5.82. The van der Waals surface area contributed by atoms with Gasteiger partial charge in [0.05, 0.1) is 10.4 Å². The van der Waals surface area contributed by atoms with Crippen LogP contribution < -0.4 is 10.6 Å². The van der Waals surface area contributed by atoms with Crippen LogP contribution in [0.4, 0.5) is 11.5 Å². The van der Waals surface area contributed by atoms with Crippen LogP contribution in [0.25, 0.3) is 10.9 Å². The number of rotatable bonds is 3. The Morgan fingerprint density at radius 1 is 1.40 bits per heavy atom. The van der Waals surface area contributed by atoms with E-state index in [-0.39, 0.29) is 11.2 Å². The van der Waals surface area contributed by atoms with Gasteiger partial charge >= 0.3 is 0 Å². The lowest BCUT2D eigenvalue weighted by Gasteiger charge is -2.25. The first-order valence-corrected chi connectivity index (χ1v) is 6.60. The monoisotopic (exact) mass is 272 g/mol. The molecule has 0 saturated carbocycles. The summed E-state index contributed by atoms with van der Waals surface area (Å²) in [5, 5.41) is 18.3. The van der Waals surface area contributed by atoms with Gasteiger partial charge in [0, 0.05) is 29.6 Å². The average Bonchev–Trinajstić information content (AvgIpc) is 2.84. The molecule has 0 radical (unpaired) electrons. The minimum Gasteiger partial charge on any atom is -0.364 e. The summed E-state index contributed by atoms with van der Waals surface area (Å²) in [5.74, 6) is 0.803. The molecule has 1 atom stereocenters. The van der Waals surface area contributed by atoms with Crippen LogP contribution in [-0.2, 0) is 0 Å². The van der Waals surface area contributed by atoms with Crippen LogP contribution in [0, 0.1) is 10.1 Å². The van der Waals surface area contributed by atoms with E-state index in [0.717, 1.165) is 36.2 Å². The number of non-ortho nitro benzene ring substituents is 1. The number of fused-ring (bicyclic) bond motifs is 1. The number of anilines is 1. The fourth-order valence-corrected chi connectivity index (χ4v) is 2.53. The van der Waals surface area contributed by atoms with E-state index in [0.29, 0.717) is 0 Å². The summed E-state index contributed by atoms with van der Waals surface area (Å²) >= 11 is 0. The Morgan fingerprint density at radius 2 is 2.25 bits per heavy atom. The van der Waals surface area contributed by atoms with Gasteiger partial charge in [0.2, 0.25) is 0 Å². The molecule has 1 aliphatic heterocycles. The molecule has 1 saturated heterocycles. The molecule has 6 heteroatoms. The van der Waals surface area contributed by atoms with Crippen LogP contribution in [0.15, 0.2) is 30.3 Å². The van der Waals surface area contributed by atoms with Gasteiger partial charge in [0.25, 0.3) is 5.69 Å². The molecule has 0 bridgehead atoms. The van der Waals surface area contributed by atoms with Crippen LogP contribution in [0.1, 0.15) is 13.3 Å². The zero-order chi connectivity index (χ0) is 14.2. The van der Waals surface area contributed by atoms with Crippen molar-refractivity contribution < 1.29 is 4.92 Å². The van der Waals surface area contributed by atoms with Crippen LogP contribution in [0.2, 0.25) is 0 Å². The van der Waals surface area contributed by atoms with E-state index < -0.39 is 4.92 Å². The van der Waals surface area contributed by atoms with Crippen molar-refractivity contribution in [1.29, 1.82) is 0 Å². The molecule has 1 unspecified atom stereocenters. The summed E-state index contributed by atoms with van der Waals surface area (Å²) in [7, 11) is 0. The highest BCUT2D eigenvalue weighted by Crippen LogP contribution is 2.24. The lowest BCUT2D eigenvalue weighted by Crippen LogP contribution is -2.37. The highest BCUT2D eigenvalue weighted by Gasteiger charge is 2.28. The Balaban J connectivity index is 1.91. The molecular formula is C14H16N4O2. The number of nitrogens with zero attached hydrogens (tertiary/aromatic N) is 2. The average molecular weight is 272 g/mol. The zero-order valence-electron chi connectivity index (χ0n) is 11.2. The Kier molecular flexibility index (Phi) is 3.02. The Morgan fingerprint density at radius 3 is 2.95 bits per heavy atom. The number of nitro groups is 1. The highest BCUT2D eigenvalue weighted by atomic mass is 16.6. The normalized spacial score (nSPS) is 22.1. The van der Waals surface area contributed by atoms with Crippen molar-refractivity contribution in [1.82, 2.24) is 10.3 Å². The van der Waals surface area contributed by atoms with Crippen molar-refractivity contribution >= 4 is 22.4 Å². The van der Waals surface area contributed by atoms with E-state index in [4.69, 9.17) is 0 Å². The molecule has 3 rings (SSSR count). The zero-order valence-corrected chi connectivity index (χ0v) is 11.2. The topological polar surface area (TPSA) is 80.1 Å². The van der Waals surface area contributed by atoms with Gasteiger partial charge in [-0.05, 0) is 38.1 Å². The fourth-order valence-electron chi connectivity index (χ4n) is 2.53. The lowest BCUT2D eigenvalue weighted by molar-refractivity contribution is -0.384. The molecule has 1 aromatic heterocycles. The Labute approximate surface area is 116 Å². The maximum atomic E-state index is 10.7. The second kappa shape index (κ2) is 4.72. The quantitative estimate of drug-likeness (QED) is 0.662. The van der Waals surface area contributed by atoms with Crippen molar-refractivity contribution in [3.8, 4) is 0 Å². The summed E-state index contributed by atoms with van der Waals surface area (Å²) < 4.78 is 0. The Bertz CT molecular complexity index is 665. The van der Waals surface area contributed by atoms with Gasteiger partial charge in [-0.25, -0.2) is 4.98 Å². The molecule has 2 N–H and O–H groups in total. The summed E-state index contributed by atoms with van der Waals surface area (Å²) in [6, 6.07) is 8.45. The summed E-state index contributed by atoms with van der Waals surface area (Å²) in [6.07, 6.45) is 1.05. The van der Waals surface area contributed by atoms with E-state index in [9.17, 15) is 10.1 Å². The molecule has 6 nitrogen and oxygen atoms in total. The van der Waals surface area contributed by atoms with Crippen LogP contribution in [0.5, 0.6) is 0 Å². The Hall–Kier alpha value is -2.21. The number of aromatic nitrogens is 1. The molecule has 2 aromatic rings. The minimum atomic E-state index is -0.392. The maximum Gasteiger partial charge on any atom is 0.270 e. The standard InChI is InChI=1S/C14H16N4O2/c1-14(6-7-15-9-14)17-13-5-2-10-8-11(18(19)20)3-4-12(10)16-13/h2-5,8,15H,6-7,9H2,1H3,(H,16,17). The van der Waals surface area contributed by atoms with E-state index in [1.54, 1.807) is 12.1 Å². The maximum absolute atomic E-state index is 10.7. The number of hydrogen-bond donors (Lipinski definition) is 2. The predicted molar refractivity (Wildman–Crippen MR) is 77.9 cm³/mol. The molecule has 2 heterocycles. The minimum absolute atomic E-state index is 0.0153. The summed E-state index contributed by atoms with van der Waals surface area (Å²) in [5.41, 5.74) is 0.865. The van der Waals surface area contributed by atoms with E-state index >= 15 is 0 Å². The van der Waals surface area contributed by atoms with Crippen molar-refractivity contribution in [2.75, 3.05) is 18.4 Å². The first-order valence-electron chi connectivity index (χ1n) is 6.60. The van der Waals surface area contributed by atoms with Gasteiger partial charge < -0.3 is 10.6 Å². The largest absolute Gasteiger partial charge is 0.364 e. The van der Waals surface area contributed by atoms with Crippen LogP contribution >= 0.6 is 0 Å². The van der Waals surface area contributed by atoms with Gasteiger partial charge in [-0.3, -0.25) is 10.1 Å². The number of hydrogen-bond acceptors (Lipinski definition) is 5. The summed E-state index contributed by atoms with van der Waals surface area (Å²) in [6.45, 7) is 4.07. The molecular weight excluding hydrogens is 256 g/mol. The van der Waals surface area contributed by atoms with Crippen molar-refractivity contribution in [3.63, 3.8) is 0 Å². The lowest BCUT2D eigenvalue weighted by atomic mass is 10.0. The molecule has 1 aliphatic rings. The first kappa shape index (κ1) is 12.8. The number of pyridine rings is 1. The molecule has 104 valence electrons. The molecule has 20 heavy (non-hydrogen) atoms. The van der Waals surface area contributed by atoms with Gasteiger partial charge in [-0.15, -0.1) is 0 Å². The van der Waals surface area contributed by atoms with E-state index in [2.05, 4.69) is 22.5 Å². The SMILES string of the molecule is CC1(Nc2ccc3cc([N+](=O)[O-])ccc3n2)CCNC1. The third-order valence-corrected chi connectivity index (χ3v) is 3.68. The molecule has 0 spiro atoms. The predicted octanol–water partition coefficient (Wildman–Crippen LogP) is 2.31. The van der Waals surface area contributed by atoms with Crippen molar-refractivity contribution in [3.05, 3.63) is 40.4 Å². The number of benzene rings is 1.